The van der Waals surface area contributed by atoms with Crippen molar-refractivity contribution in [3.8, 4) is 6.07 Å². The van der Waals surface area contributed by atoms with Crippen LogP contribution in [0.3, 0.4) is 0 Å². The average molecular weight is 227 g/mol. The van der Waals surface area contributed by atoms with Gasteiger partial charge in [0, 0.05) is 0 Å². The molecule has 0 amide bonds. The van der Waals surface area contributed by atoms with Crippen LogP contribution >= 0.6 is 0 Å². The van der Waals surface area contributed by atoms with Gasteiger partial charge in [0.15, 0.2) is 0 Å². The highest BCUT2D eigenvalue weighted by Crippen LogP contribution is 2.32. The Morgan fingerprint density at radius 2 is 2.06 bits per heavy atom. The molecule has 1 aromatic carbocycles. The molecule has 0 heterocycles. The quantitative estimate of drug-likeness (QED) is 0.738. The summed E-state index contributed by atoms with van der Waals surface area (Å²) >= 11 is 0. The van der Waals surface area contributed by atoms with Gasteiger partial charge >= 0.3 is 0 Å². The summed E-state index contributed by atoms with van der Waals surface area (Å²) in [5, 5.41) is 8.92. The van der Waals surface area contributed by atoms with Crippen LogP contribution in [-0.4, -0.2) is 0 Å². The van der Waals surface area contributed by atoms with Gasteiger partial charge in [-0.2, -0.15) is 5.26 Å². The summed E-state index contributed by atoms with van der Waals surface area (Å²) < 4.78 is 0. The summed E-state index contributed by atoms with van der Waals surface area (Å²) in [4.78, 5) is 0. The normalized spacial score (nSPS) is 18.6. The molecule has 0 N–H and O–H groups in total. The Bertz CT molecular complexity index is 396. The average Bonchev–Trinajstić information content (AvgIpc) is 2.40. The number of rotatable bonds is 3. The molecule has 0 unspecified atom stereocenters. The standard InChI is InChI=1S/C16H21N/c1-13(10-14-6-3-2-4-7-14)16-9-5-8-15(11-16)12-17/h5,8-9,11,13-14H,2-4,6-7,10H2,1H3/t13-/m0/s1. The highest BCUT2D eigenvalue weighted by atomic mass is 14.2. The molecule has 1 aromatic rings. The van der Waals surface area contributed by atoms with Gasteiger partial charge in [-0.15, -0.1) is 0 Å². The number of nitrogens with zero attached hydrogens (tertiary/aromatic N) is 1. The minimum absolute atomic E-state index is 0.589. The first-order chi connectivity index (χ1) is 8.29. The molecule has 1 aliphatic rings. The second kappa shape index (κ2) is 5.87. The number of hydrogen-bond donors (Lipinski definition) is 0. The van der Waals surface area contributed by atoms with Gasteiger partial charge in [0.2, 0.25) is 0 Å². The molecule has 0 aliphatic heterocycles. The topological polar surface area (TPSA) is 23.8 Å². The van der Waals surface area contributed by atoms with Gasteiger partial charge in [-0.1, -0.05) is 51.2 Å². The first-order valence-electron chi connectivity index (χ1n) is 6.79. The summed E-state index contributed by atoms with van der Waals surface area (Å²) in [6.45, 7) is 2.30. The van der Waals surface area contributed by atoms with Gasteiger partial charge < -0.3 is 0 Å². The molecule has 0 bridgehead atoms. The molecule has 1 heteroatoms. The molecule has 0 saturated heterocycles. The van der Waals surface area contributed by atoms with Crippen LogP contribution in [0.2, 0.25) is 0 Å². The maximum absolute atomic E-state index is 8.92. The Labute approximate surface area is 104 Å². The Balaban J connectivity index is 1.98. The maximum atomic E-state index is 8.92. The summed E-state index contributed by atoms with van der Waals surface area (Å²) in [6.07, 6.45) is 8.35. The van der Waals surface area contributed by atoms with E-state index in [1.165, 1.54) is 44.1 Å². The van der Waals surface area contributed by atoms with Crippen molar-refractivity contribution in [2.45, 2.75) is 51.4 Å². The van der Waals surface area contributed by atoms with Gasteiger partial charge in [-0.05, 0) is 36.0 Å². The molecular formula is C16H21N. The Kier molecular flexibility index (Phi) is 4.20. The molecule has 17 heavy (non-hydrogen) atoms. The first kappa shape index (κ1) is 12.2. The Morgan fingerprint density at radius 3 is 2.76 bits per heavy atom. The molecule has 0 aromatic heterocycles. The van der Waals surface area contributed by atoms with Crippen molar-refractivity contribution in [3.63, 3.8) is 0 Å². The lowest BCUT2D eigenvalue weighted by molar-refractivity contribution is 0.323. The van der Waals surface area contributed by atoms with E-state index in [9.17, 15) is 0 Å². The third-order valence-electron chi connectivity index (χ3n) is 4.00. The van der Waals surface area contributed by atoms with Crippen LogP contribution < -0.4 is 0 Å². The molecule has 1 saturated carbocycles. The summed E-state index contributed by atoms with van der Waals surface area (Å²) in [5.41, 5.74) is 2.12. The predicted molar refractivity (Wildman–Crippen MR) is 70.8 cm³/mol. The SMILES string of the molecule is C[C@@H](CC1CCCCC1)c1cccc(C#N)c1. The van der Waals surface area contributed by atoms with Crippen molar-refractivity contribution in [2.75, 3.05) is 0 Å². The minimum atomic E-state index is 0.589. The molecule has 1 nitrogen and oxygen atoms in total. The predicted octanol–water partition coefficient (Wildman–Crippen LogP) is 4.63. The first-order valence-corrected chi connectivity index (χ1v) is 6.79. The van der Waals surface area contributed by atoms with Crippen LogP contribution in [0.5, 0.6) is 0 Å². The summed E-state index contributed by atoms with van der Waals surface area (Å²) in [7, 11) is 0. The molecule has 0 radical (unpaired) electrons. The smallest absolute Gasteiger partial charge is 0.0991 e. The van der Waals surface area contributed by atoms with E-state index in [4.69, 9.17) is 5.26 Å². The lowest BCUT2D eigenvalue weighted by Crippen LogP contribution is -2.09. The zero-order valence-corrected chi connectivity index (χ0v) is 10.7. The van der Waals surface area contributed by atoms with E-state index < -0.39 is 0 Å². The van der Waals surface area contributed by atoms with Gasteiger partial charge in [-0.25, -0.2) is 0 Å². The van der Waals surface area contributed by atoms with Crippen molar-refractivity contribution < 1.29 is 0 Å². The molecular weight excluding hydrogens is 206 g/mol. The lowest BCUT2D eigenvalue weighted by Gasteiger charge is -2.24. The zero-order chi connectivity index (χ0) is 12.1. The van der Waals surface area contributed by atoms with Crippen molar-refractivity contribution in [3.05, 3.63) is 35.4 Å². The van der Waals surface area contributed by atoms with Gasteiger partial charge in [0.1, 0.15) is 0 Å². The van der Waals surface area contributed by atoms with Crippen LogP contribution in [0.1, 0.15) is 62.5 Å². The fourth-order valence-electron chi connectivity index (χ4n) is 2.97. The van der Waals surface area contributed by atoms with Crippen molar-refractivity contribution in [1.82, 2.24) is 0 Å². The van der Waals surface area contributed by atoms with E-state index in [1.807, 2.05) is 18.2 Å². The summed E-state index contributed by atoms with van der Waals surface area (Å²) in [5.74, 6) is 1.50. The minimum Gasteiger partial charge on any atom is -0.192 e. The lowest BCUT2D eigenvalue weighted by atomic mass is 9.81. The van der Waals surface area contributed by atoms with Crippen molar-refractivity contribution >= 4 is 0 Å². The van der Waals surface area contributed by atoms with Gasteiger partial charge in [-0.3, -0.25) is 0 Å². The Hall–Kier alpha value is -1.29. The van der Waals surface area contributed by atoms with Gasteiger partial charge in [0.25, 0.3) is 0 Å². The fourth-order valence-corrected chi connectivity index (χ4v) is 2.97. The molecule has 2 rings (SSSR count). The third-order valence-corrected chi connectivity index (χ3v) is 4.00. The van der Waals surface area contributed by atoms with E-state index in [1.54, 1.807) is 0 Å². The van der Waals surface area contributed by atoms with Gasteiger partial charge in [0.05, 0.1) is 11.6 Å². The fraction of sp³-hybridized carbons (Fsp3) is 0.562. The second-order valence-electron chi connectivity index (χ2n) is 5.38. The van der Waals surface area contributed by atoms with E-state index in [-0.39, 0.29) is 0 Å². The van der Waals surface area contributed by atoms with Crippen LogP contribution in [0.15, 0.2) is 24.3 Å². The molecule has 1 aliphatic carbocycles. The zero-order valence-electron chi connectivity index (χ0n) is 10.7. The molecule has 1 fully saturated rings. The van der Waals surface area contributed by atoms with Crippen LogP contribution in [0, 0.1) is 17.2 Å². The Morgan fingerprint density at radius 1 is 1.29 bits per heavy atom. The number of hydrogen-bond acceptors (Lipinski definition) is 1. The summed E-state index contributed by atoms with van der Waals surface area (Å²) in [6, 6.07) is 10.3. The molecule has 90 valence electrons. The number of benzene rings is 1. The second-order valence-corrected chi connectivity index (χ2v) is 5.38. The van der Waals surface area contributed by atoms with Crippen LogP contribution in [0.25, 0.3) is 0 Å². The highest BCUT2D eigenvalue weighted by Gasteiger charge is 2.17. The number of nitriles is 1. The van der Waals surface area contributed by atoms with E-state index >= 15 is 0 Å². The highest BCUT2D eigenvalue weighted by molar-refractivity contribution is 5.34. The van der Waals surface area contributed by atoms with E-state index in [0.29, 0.717) is 5.92 Å². The third kappa shape index (κ3) is 3.33. The molecule has 1 atom stereocenters. The van der Waals surface area contributed by atoms with Crippen molar-refractivity contribution in [1.29, 1.82) is 5.26 Å². The van der Waals surface area contributed by atoms with E-state index in [0.717, 1.165) is 11.5 Å². The largest absolute Gasteiger partial charge is 0.192 e. The van der Waals surface area contributed by atoms with Crippen LogP contribution in [-0.2, 0) is 0 Å². The van der Waals surface area contributed by atoms with Crippen LogP contribution in [0.4, 0.5) is 0 Å². The monoisotopic (exact) mass is 227 g/mol. The van der Waals surface area contributed by atoms with Crippen molar-refractivity contribution in [2.24, 2.45) is 5.92 Å². The molecule has 0 spiro atoms. The van der Waals surface area contributed by atoms with E-state index in [2.05, 4.69) is 19.1 Å². The maximum Gasteiger partial charge on any atom is 0.0991 e.